The number of halogens is 1. The fraction of sp³-hybridized carbons (Fsp3) is 0.509. The van der Waals surface area contributed by atoms with Crippen molar-refractivity contribution in [3.63, 3.8) is 0 Å². The molecule has 1 saturated carbocycles. The van der Waals surface area contributed by atoms with Crippen LogP contribution in [-0.2, 0) is 22.6 Å². The fourth-order valence-electron chi connectivity index (χ4n) is 12.7. The van der Waals surface area contributed by atoms with E-state index in [1.54, 1.807) is 23.2 Å². The summed E-state index contributed by atoms with van der Waals surface area (Å²) in [4.78, 5) is 66.1. The molecule has 3 atom stereocenters. The first-order chi connectivity index (χ1) is 34.0. The highest BCUT2D eigenvalue weighted by Crippen LogP contribution is 2.48. The van der Waals surface area contributed by atoms with Gasteiger partial charge in [-0.1, -0.05) is 25.1 Å². The molecule has 3 amide bonds. The standard InChI is InChI=1S/C53H60FN11O5/c1-2-31-4-3-5-32-19-39(66)20-41(45(31)32)47-46(54)48-42(21-55-47)49(64-23-34-6-7-35(24-64)56-34)59-52(58-48)70-30-53(12-13-53)29-60-25-37(26-60)63-27-38(28-63)62-16-14-61(15-17-62)36-8-9-40-33(18-36)22-65(51(40)69)43-10-11-44(67)57-50(43)68/h3-5,8-9,18-21,34-35,37-38,43,56,66H,2,6-7,10-17,22-30H2,1H3,(H,57,67,68)/t34?,35?,43-/m0/s1. The van der Waals surface area contributed by atoms with Gasteiger partial charge in [-0.25, -0.2) is 4.39 Å². The average molecular weight is 950 g/mol. The summed E-state index contributed by atoms with van der Waals surface area (Å²) in [7, 11) is 0. The normalized spacial score (nSPS) is 25.1. The van der Waals surface area contributed by atoms with Crippen LogP contribution in [0.3, 0.4) is 0 Å². The fourth-order valence-corrected chi connectivity index (χ4v) is 12.7. The summed E-state index contributed by atoms with van der Waals surface area (Å²) in [5.41, 5.74) is 4.67. The lowest BCUT2D eigenvalue weighted by atomic mass is 9.95. The van der Waals surface area contributed by atoms with E-state index >= 15 is 4.39 Å². The van der Waals surface area contributed by atoms with Crippen LogP contribution in [-0.4, -0.2) is 166 Å². The van der Waals surface area contributed by atoms with Crippen molar-refractivity contribution in [3.05, 3.63) is 77.2 Å². The molecule has 0 spiro atoms. The molecule has 13 rings (SSSR count). The zero-order valence-corrected chi connectivity index (χ0v) is 39.7. The first kappa shape index (κ1) is 44.0. The van der Waals surface area contributed by atoms with E-state index in [0.29, 0.717) is 66.1 Å². The quantitative estimate of drug-likeness (QED) is 0.152. The molecule has 364 valence electrons. The van der Waals surface area contributed by atoms with Gasteiger partial charge < -0.3 is 29.9 Å². The zero-order valence-electron chi connectivity index (χ0n) is 39.7. The van der Waals surface area contributed by atoms with Crippen LogP contribution in [0.25, 0.3) is 32.9 Å². The predicted molar refractivity (Wildman–Crippen MR) is 262 cm³/mol. The van der Waals surface area contributed by atoms with E-state index in [9.17, 15) is 19.5 Å². The Hall–Kier alpha value is -6.01. The molecule has 6 saturated heterocycles. The number of phenols is 1. The van der Waals surface area contributed by atoms with E-state index in [-0.39, 0.29) is 52.5 Å². The topological polar surface area (TPSA) is 163 Å². The van der Waals surface area contributed by atoms with E-state index in [1.165, 1.54) is 0 Å². The molecule has 2 bridgehead atoms. The highest BCUT2D eigenvalue weighted by Gasteiger charge is 2.49. The Morgan fingerprint density at radius 1 is 0.857 bits per heavy atom. The van der Waals surface area contributed by atoms with Crippen molar-refractivity contribution in [2.24, 2.45) is 5.41 Å². The number of carbonyl (C=O) groups is 3. The maximum Gasteiger partial charge on any atom is 0.319 e. The summed E-state index contributed by atoms with van der Waals surface area (Å²) in [6.07, 6.45) is 7.42. The third-order valence-electron chi connectivity index (χ3n) is 16.9. The number of aromatic nitrogens is 3. The van der Waals surface area contributed by atoms with Gasteiger partial charge in [0, 0.05) is 138 Å². The molecule has 2 unspecified atom stereocenters. The van der Waals surface area contributed by atoms with Gasteiger partial charge in [0.25, 0.3) is 5.91 Å². The van der Waals surface area contributed by atoms with Crippen LogP contribution >= 0.6 is 0 Å². The Morgan fingerprint density at radius 2 is 1.64 bits per heavy atom. The maximum absolute atomic E-state index is 17.2. The number of imide groups is 1. The zero-order chi connectivity index (χ0) is 47.4. The van der Waals surface area contributed by atoms with Gasteiger partial charge in [0.2, 0.25) is 11.8 Å². The van der Waals surface area contributed by atoms with Crippen LogP contribution in [0, 0.1) is 11.2 Å². The number of benzene rings is 3. The largest absolute Gasteiger partial charge is 0.508 e. The molecule has 7 aliphatic heterocycles. The molecule has 5 aromatic rings. The van der Waals surface area contributed by atoms with E-state index in [1.807, 2.05) is 30.3 Å². The van der Waals surface area contributed by atoms with Crippen molar-refractivity contribution in [1.29, 1.82) is 0 Å². The minimum atomic E-state index is -0.604. The number of hydrogen-bond acceptors (Lipinski definition) is 14. The number of amides is 3. The summed E-state index contributed by atoms with van der Waals surface area (Å²) < 4.78 is 23.7. The second-order valence-electron chi connectivity index (χ2n) is 21.4. The van der Waals surface area contributed by atoms with Gasteiger partial charge in [-0.3, -0.25) is 39.4 Å². The summed E-state index contributed by atoms with van der Waals surface area (Å²) in [5.74, 6) is -0.614. The lowest BCUT2D eigenvalue weighted by Gasteiger charge is -2.55. The van der Waals surface area contributed by atoms with Crippen LogP contribution < -0.4 is 25.2 Å². The number of piperidine rings is 1. The predicted octanol–water partition coefficient (Wildman–Crippen LogP) is 4.30. The highest BCUT2D eigenvalue weighted by molar-refractivity contribution is 6.06. The van der Waals surface area contributed by atoms with E-state index in [2.05, 4.69) is 48.1 Å². The number of phenolic OH excluding ortho intramolecular Hbond substituents is 1. The van der Waals surface area contributed by atoms with Gasteiger partial charge in [0.15, 0.2) is 5.82 Å². The van der Waals surface area contributed by atoms with Crippen molar-refractivity contribution in [3.8, 4) is 23.0 Å². The second kappa shape index (κ2) is 17.1. The SMILES string of the molecule is CCc1cccc2cc(O)cc(-c3ncc4c(N5CC6CCC(C5)N6)nc(OCC5(CN6CC(N7CC(N8CCN(c9ccc%10c(c9)CN([C@H]9CCC(=O)NC9=O)C%10=O)CC8)C7)C6)CC5)nc4c3F)c12. The number of hydrogen-bond donors (Lipinski definition) is 3. The smallest absolute Gasteiger partial charge is 0.319 e. The van der Waals surface area contributed by atoms with E-state index in [0.717, 1.165) is 132 Å². The number of pyridine rings is 1. The Balaban J connectivity index is 0.628. The van der Waals surface area contributed by atoms with Gasteiger partial charge in [-0.05, 0) is 90.8 Å². The minimum Gasteiger partial charge on any atom is -0.508 e. The Labute approximate surface area is 406 Å². The number of carbonyl (C=O) groups excluding carboxylic acids is 3. The number of rotatable bonds is 12. The summed E-state index contributed by atoms with van der Waals surface area (Å²) >= 11 is 0. The van der Waals surface area contributed by atoms with Crippen LogP contribution in [0.2, 0.25) is 0 Å². The van der Waals surface area contributed by atoms with Crippen LogP contribution in [0.4, 0.5) is 15.9 Å². The van der Waals surface area contributed by atoms with E-state index in [4.69, 9.17) is 19.7 Å². The third-order valence-corrected chi connectivity index (χ3v) is 16.9. The van der Waals surface area contributed by atoms with Crippen molar-refractivity contribution in [2.45, 2.75) is 88.6 Å². The highest BCUT2D eigenvalue weighted by atomic mass is 19.1. The second-order valence-corrected chi connectivity index (χ2v) is 21.4. The van der Waals surface area contributed by atoms with Crippen molar-refractivity contribution in [1.82, 2.24) is 45.2 Å². The molecule has 3 aromatic carbocycles. The lowest BCUT2D eigenvalue weighted by Crippen LogP contribution is -2.71. The Bertz CT molecular complexity index is 2940. The first-order valence-corrected chi connectivity index (χ1v) is 25.5. The molecule has 0 radical (unpaired) electrons. The molecule has 17 heteroatoms. The molecule has 16 nitrogen and oxygen atoms in total. The molecule has 70 heavy (non-hydrogen) atoms. The van der Waals surface area contributed by atoms with Gasteiger partial charge in [-0.15, -0.1) is 0 Å². The molecular formula is C53H60FN11O5. The molecule has 3 N–H and O–H groups in total. The van der Waals surface area contributed by atoms with Gasteiger partial charge in [-0.2, -0.15) is 9.97 Å². The molecule has 7 fully saturated rings. The van der Waals surface area contributed by atoms with Crippen LogP contribution in [0.15, 0.2) is 54.7 Å². The number of aryl methyl sites for hydroxylation is 1. The number of ether oxygens (including phenoxy) is 1. The molecule has 8 aliphatic rings. The molecule has 2 aromatic heterocycles. The number of nitrogens with one attached hydrogen (secondary N) is 2. The number of piperazine rings is 2. The monoisotopic (exact) mass is 949 g/mol. The Kier molecular flexibility index (Phi) is 10.7. The summed E-state index contributed by atoms with van der Waals surface area (Å²) in [6.45, 7) is 13.6. The maximum atomic E-state index is 17.2. The minimum absolute atomic E-state index is 0.0229. The number of anilines is 2. The van der Waals surface area contributed by atoms with Crippen molar-refractivity contribution >= 4 is 50.9 Å². The van der Waals surface area contributed by atoms with Crippen LogP contribution in [0.1, 0.15) is 66.9 Å². The summed E-state index contributed by atoms with van der Waals surface area (Å²) in [5, 5.41) is 19.1. The van der Waals surface area contributed by atoms with E-state index < -0.39 is 11.9 Å². The van der Waals surface area contributed by atoms with Crippen molar-refractivity contribution in [2.75, 3.05) is 88.4 Å². The number of aromatic hydroxyl groups is 1. The molecule has 9 heterocycles. The first-order valence-electron chi connectivity index (χ1n) is 25.5. The van der Waals surface area contributed by atoms with Crippen LogP contribution in [0.5, 0.6) is 11.8 Å². The number of fused-ring (bicyclic) bond motifs is 5. The Morgan fingerprint density at radius 3 is 2.40 bits per heavy atom. The van der Waals surface area contributed by atoms with Crippen molar-refractivity contribution < 1.29 is 28.6 Å². The third kappa shape index (κ3) is 7.80. The van der Waals surface area contributed by atoms with Gasteiger partial charge in [0.1, 0.15) is 28.8 Å². The molecule has 1 aliphatic carbocycles. The number of likely N-dealkylation sites (tertiary alicyclic amines) is 2. The number of nitrogens with zero attached hydrogens (tertiary/aromatic N) is 9. The summed E-state index contributed by atoms with van der Waals surface area (Å²) in [6, 6.07) is 16.7. The molecular weight excluding hydrogens is 890 g/mol. The lowest BCUT2D eigenvalue weighted by molar-refractivity contribution is -0.136. The average Bonchev–Trinajstić information content (AvgIpc) is 3.92. The van der Waals surface area contributed by atoms with Gasteiger partial charge >= 0.3 is 6.01 Å². The van der Waals surface area contributed by atoms with Gasteiger partial charge in [0.05, 0.1) is 12.0 Å².